The normalized spacial score (nSPS) is 18.6. The Morgan fingerprint density at radius 3 is 2.50 bits per heavy atom. The molecule has 0 fully saturated rings. The van der Waals surface area contributed by atoms with E-state index < -0.39 is 0 Å². The fourth-order valence-electron chi connectivity index (χ4n) is 2.58. The van der Waals surface area contributed by atoms with Gasteiger partial charge in [0.05, 0.1) is 26.9 Å². The summed E-state index contributed by atoms with van der Waals surface area (Å²) in [6.45, 7) is 5.27. The second kappa shape index (κ2) is 6.35. The number of methoxy groups -OCH3 is 2. The molecule has 1 aliphatic rings. The van der Waals surface area contributed by atoms with Crippen molar-refractivity contribution in [3.05, 3.63) is 23.3 Å². The van der Waals surface area contributed by atoms with Crippen molar-refractivity contribution in [2.24, 2.45) is 5.41 Å². The standard InChI is InChI=1S/C16H23BrO3/c1-16(2,10-17)9-15-12-8-14(19-4)13(18-3)7-11(12)5-6-20-15/h7-8,15H,5-6,9-10H2,1-4H3. The molecule has 0 radical (unpaired) electrons. The first kappa shape index (κ1) is 15.6. The maximum atomic E-state index is 6.00. The van der Waals surface area contributed by atoms with Gasteiger partial charge in [-0.2, -0.15) is 0 Å². The van der Waals surface area contributed by atoms with Crippen molar-refractivity contribution < 1.29 is 14.2 Å². The van der Waals surface area contributed by atoms with E-state index in [0.717, 1.165) is 36.3 Å². The molecule has 1 atom stereocenters. The van der Waals surface area contributed by atoms with Crippen LogP contribution in [0.1, 0.15) is 37.5 Å². The summed E-state index contributed by atoms with van der Waals surface area (Å²) in [5, 5.41) is 0.961. The van der Waals surface area contributed by atoms with Crippen LogP contribution >= 0.6 is 15.9 Å². The van der Waals surface area contributed by atoms with Gasteiger partial charge in [-0.3, -0.25) is 0 Å². The highest BCUT2D eigenvalue weighted by Gasteiger charge is 2.29. The Balaban J connectivity index is 2.34. The van der Waals surface area contributed by atoms with E-state index in [2.05, 4.69) is 41.9 Å². The lowest BCUT2D eigenvalue weighted by Gasteiger charge is -2.32. The molecule has 1 heterocycles. The SMILES string of the molecule is COc1cc2c(cc1OC)C(CC(C)(C)CBr)OCC2. The van der Waals surface area contributed by atoms with Crippen molar-refractivity contribution in [3.63, 3.8) is 0 Å². The first-order valence-electron chi connectivity index (χ1n) is 6.93. The minimum absolute atomic E-state index is 0.131. The fourth-order valence-corrected chi connectivity index (χ4v) is 2.81. The van der Waals surface area contributed by atoms with Crippen molar-refractivity contribution in [1.29, 1.82) is 0 Å². The molecule has 0 spiro atoms. The molecule has 0 amide bonds. The van der Waals surface area contributed by atoms with Crippen molar-refractivity contribution in [3.8, 4) is 11.5 Å². The average molecular weight is 343 g/mol. The van der Waals surface area contributed by atoms with E-state index in [1.54, 1.807) is 14.2 Å². The molecule has 0 saturated carbocycles. The van der Waals surface area contributed by atoms with Crippen LogP contribution in [-0.2, 0) is 11.2 Å². The summed E-state index contributed by atoms with van der Waals surface area (Å²) in [5.74, 6) is 1.57. The third-order valence-corrected chi connectivity index (χ3v) is 5.30. The smallest absolute Gasteiger partial charge is 0.161 e. The number of hydrogen-bond donors (Lipinski definition) is 0. The molecule has 4 heteroatoms. The summed E-state index contributed by atoms with van der Waals surface area (Å²) >= 11 is 3.59. The Bertz CT molecular complexity index is 471. The number of alkyl halides is 1. The Kier molecular flexibility index (Phi) is 4.97. The summed E-state index contributed by atoms with van der Waals surface area (Å²) in [6.07, 6.45) is 2.05. The Hall–Kier alpha value is -0.740. The maximum Gasteiger partial charge on any atom is 0.161 e. The largest absolute Gasteiger partial charge is 0.493 e. The summed E-state index contributed by atoms with van der Waals surface area (Å²) in [7, 11) is 3.35. The van der Waals surface area contributed by atoms with Gasteiger partial charge in [0.2, 0.25) is 0 Å². The lowest BCUT2D eigenvalue weighted by atomic mass is 9.84. The number of halogens is 1. The molecule has 20 heavy (non-hydrogen) atoms. The minimum Gasteiger partial charge on any atom is -0.493 e. The van der Waals surface area contributed by atoms with Crippen molar-refractivity contribution in [2.45, 2.75) is 32.8 Å². The molecule has 0 aliphatic carbocycles. The summed E-state index contributed by atoms with van der Waals surface area (Å²) in [5.41, 5.74) is 2.75. The molecule has 0 aromatic heterocycles. The zero-order valence-corrected chi connectivity index (χ0v) is 14.2. The number of rotatable bonds is 5. The van der Waals surface area contributed by atoms with Gasteiger partial charge in [0.15, 0.2) is 11.5 Å². The lowest BCUT2D eigenvalue weighted by Crippen LogP contribution is -2.24. The van der Waals surface area contributed by atoms with E-state index in [9.17, 15) is 0 Å². The van der Waals surface area contributed by atoms with Crippen LogP contribution in [-0.4, -0.2) is 26.2 Å². The number of hydrogen-bond acceptors (Lipinski definition) is 3. The van der Waals surface area contributed by atoms with Gasteiger partial charge in [-0.05, 0) is 41.5 Å². The topological polar surface area (TPSA) is 27.7 Å². The first-order valence-corrected chi connectivity index (χ1v) is 8.05. The summed E-state index contributed by atoms with van der Waals surface area (Å²) in [4.78, 5) is 0. The summed E-state index contributed by atoms with van der Waals surface area (Å²) < 4.78 is 16.8. The van der Waals surface area contributed by atoms with Gasteiger partial charge in [-0.1, -0.05) is 29.8 Å². The molecule has 112 valence electrons. The Morgan fingerprint density at radius 2 is 1.90 bits per heavy atom. The third-order valence-electron chi connectivity index (χ3n) is 3.78. The molecule has 0 saturated heterocycles. The van der Waals surface area contributed by atoms with Crippen LogP contribution in [0.15, 0.2) is 12.1 Å². The lowest BCUT2D eigenvalue weighted by molar-refractivity contribution is 0.0160. The molecule has 2 rings (SSSR count). The van der Waals surface area contributed by atoms with Crippen molar-refractivity contribution >= 4 is 15.9 Å². The van der Waals surface area contributed by atoms with E-state index in [4.69, 9.17) is 14.2 Å². The maximum absolute atomic E-state index is 6.00. The molecule has 0 N–H and O–H groups in total. The number of fused-ring (bicyclic) bond motifs is 1. The van der Waals surface area contributed by atoms with E-state index in [1.807, 2.05) is 0 Å². The van der Waals surface area contributed by atoms with Gasteiger partial charge in [0, 0.05) is 5.33 Å². The average Bonchev–Trinajstić information content (AvgIpc) is 2.46. The van der Waals surface area contributed by atoms with Gasteiger partial charge in [-0.25, -0.2) is 0 Å². The van der Waals surface area contributed by atoms with E-state index in [1.165, 1.54) is 11.1 Å². The van der Waals surface area contributed by atoms with Gasteiger partial charge < -0.3 is 14.2 Å². The molecule has 3 nitrogen and oxygen atoms in total. The third kappa shape index (κ3) is 3.29. The van der Waals surface area contributed by atoms with Gasteiger partial charge >= 0.3 is 0 Å². The number of benzene rings is 1. The van der Waals surface area contributed by atoms with Crippen LogP contribution in [0.25, 0.3) is 0 Å². The zero-order valence-electron chi connectivity index (χ0n) is 12.7. The van der Waals surface area contributed by atoms with E-state index in [-0.39, 0.29) is 11.5 Å². The summed E-state index contributed by atoms with van der Waals surface area (Å²) in [6, 6.07) is 4.16. The predicted octanol–water partition coefficient (Wildman–Crippen LogP) is 4.13. The quantitative estimate of drug-likeness (QED) is 0.753. The fraction of sp³-hybridized carbons (Fsp3) is 0.625. The van der Waals surface area contributed by atoms with Gasteiger partial charge in [0.25, 0.3) is 0 Å². The molecule has 1 aliphatic heterocycles. The van der Waals surface area contributed by atoms with Gasteiger partial charge in [-0.15, -0.1) is 0 Å². The molecular weight excluding hydrogens is 320 g/mol. The van der Waals surface area contributed by atoms with Crippen LogP contribution in [0.2, 0.25) is 0 Å². The van der Waals surface area contributed by atoms with Crippen LogP contribution in [0.5, 0.6) is 11.5 Å². The Labute approximate surface area is 129 Å². The van der Waals surface area contributed by atoms with Crippen molar-refractivity contribution in [2.75, 3.05) is 26.2 Å². The minimum atomic E-state index is 0.131. The highest BCUT2D eigenvalue weighted by molar-refractivity contribution is 9.09. The second-order valence-electron chi connectivity index (χ2n) is 6.02. The highest BCUT2D eigenvalue weighted by Crippen LogP contribution is 2.41. The van der Waals surface area contributed by atoms with Crippen LogP contribution in [0, 0.1) is 5.41 Å². The highest BCUT2D eigenvalue weighted by atomic mass is 79.9. The number of ether oxygens (including phenoxy) is 3. The van der Waals surface area contributed by atoms with Crippen molar-refractivity contribution in [1.82, 2.24) is 0 Å². The van der Waals surface area contributed by atoms with E-state index >= 15 is 0 Å². The van der Waals surface area contributed by atoms with Crippen LogP contribution in [0.4, 0.5) is 0 Å². The monoisotopic (exact) mass is 342 g/mol. The Morgan fingerprint density at radius 1 is 1.25 bits per heavy atom. The molecule has 1 unspecified atom stereocenters. The van der Waals surface area contributed by atoms with Crippen LogP contribution < -0.4 is 9.47 Å². The second-order valence-corrected chi connectivity index (χ2v) is 6.58. The molecule has 1 aromatic rings. The molecule has 1 aromatic carbocycles. The zero-order chi connectivity index (χ0) is 14.8. The van der Waals surface area contributed by atoms with Gasteiger partial charge in [0.1, 0.15) is 0 Å². The molecule has 0 bridgehead atoms. The van der Waals surface area contributed by atoms with E-state index in [0.29, 0.717) is 0 Å². The molecular formula is C16H23BrO3. The first-order chi connectivity index (χ1) is 9.50. The van der Waals surface area contributed by atoms with Crippen LogP contribution in [0.3, 0.4) is 0 Å². The predicted molar refractivity (Wildman–Crippen MR) is 84.1 cm³/mol.